The molecule has 1 aliphatic heterocycles. The van der Waals surface area contributed by atoms with Crippen molar-refractivity contribution in [1.82, 2.24) is 5.32 Å². The summed E-state index contributed by atoms with van der Waals surface area (Å²) in [4.78, 5) is 20.1. The summed E-state index contributed by atoms with van der Waals surface area (Å²) in [6, 6.07) is 0. The van der Waals surface area contributed by atoms with Crippen LogP contribution in [0.2, 0.25) is 0 Å². The molecule has 0 saturated carbocycles. The molecule has 0 saturated heterocycles. The van der Waals surface area contributed by atoms with Gasteiger partial charge in [-0.25, -0.2) is 0 Å². The van der Waals surface area contributed by atoms with Crippen LogP contribution in [0.5, 0.6) is 0 Å². The topological polar surface area (TPSA) is 46.2 Å². The molecule has 3 nitrogen and oxygen atoms in total. The molecule has 0 aromatic heterocycles. The summed E-state index contributed by atoms with van der Waals surface area (Å²) < 4.78 is 0. The lowest BCUT2D eigenvalue weighted by Gasteiger charge is -1.80. The third-order valence-electron chi connectivity index (χ3n) is 0.632. The Bertz CT molecular complexity index is 189. The Kier molecular flexibility index (Phi) is 8.55. The first-order valence-electron chi connectivity index (χ1n) is 2.49. The van der Waals surface area contributed by atoms with Crippen molar-refractivity contribution in [2.24, 2.45) is 0 Å². The number of rotatable bonds is 0. The maximum absolute atomic E-state index is 10.0. The lowest BCUT2D eigenvalue weighted by Crippen LogP contribution is -2.19. The van der Waals surface area contributed by atoms with E-state index in [1.54, 1.807) is 0 Å². The van der Waals surface area contributed by atoms with Gasteiger partial charge < -0.3 is 0 Å². The Morgan fingerprint density at radius 2 is 1.18 bits per heavy atom. The van der Waals surface area contributed by atoms with Crippen LogP contribution in [0, 0.1) is 25.7 Å². The molecule has 0 aromatic rings. The van der Waals surface area contributed by atoms with E-state index in [0.717, 1.165) is 0 Å². The van der Waals surface area contributed by atoms with Gasteiger partial charge in [-0.05, 0) is 0 Å². The molecular weight excluding hydrogens is 142 g/mol. The summed E-state index contributed by atoms with van der Waals surface area (Å²) in [5.74, 6) is -0.657. The molecule has 0 spiro atoms. The van der Waals surface area contributed by atoms with Crippen molar-refractivity contribution < 1.29 is 9.59 Å². The molecule has 0 aromatic carbocycles. The zero-order chi connectivity index (χ0) is 9.28. The van der Waals surface area contributed by atoms with Crippen LogP contribution in [0.4, 0.5) is 0 Å². The van der Waals surface area contributed by atoms with Crippen LogP contribution in [-0.2, 0) is 9.59 Å². The summed E-state index contributed by atoms with van der Waals surface area (Å²) in [6.45, 7) is 0. The molecule has 1 N–H and O–H groups in total. The molecule has 0 radical (unpaired) electrons. The van der Waals surface area contributed by atoms with Gasteiger partial charge in [0.05, 0.1) is 0 Å². The number of imide groups is 1. The molecule has 3 heteroatoms. The highest BCUT2D eigenvalue weighted by Gasteiger charge is 2.06. The maximum Gasteiger partial charge on any atom is 0.250 e. The monoisotopic (exact) mass is 149 g/mol. The average Bonchev–Trinajstić information content (AvgIpc) is 2.43. The van der Waals surface area contributed by atoms with Gasteiger partial charge >= 0.3 is 0 Å². The SMILES string of the molecule is C#C.C#C.O=C1C=CC(=O)N1. The molecular formula is C8H7NO2. The minimum atomic E-state index is -0.329. The maximum atomic E-state index is 10.0. The largest absolute Gasteiger partial charge is 0.289 e. The quantitative estimate of drug-likeness (QED) is 0.379. The van der Waals surface area contributed by atoms with E-state index >= 15 is 0 Å². The highest BCUT2D eigenvalue weighted by atomic mass is 16.2. The summed E-state index contributed by atoms with van der Waals surface area (Å²) in [5, 5.41) is 2.03. The number of carbonyl (C=O) groups is 2. The van der Waals surface area contributed by atoms with Crippen molar-refractivity contribution in [2.75, 3.05) is 0 Å². The lowest BCUT2D eigenvalue weighted by molar-refractivity contribution is -0.123. The zero-order valence-electron chi connectivity index (χ0n) is 5.78. The van der Waals surface area contributed by atoms with Crippen LogP contribution in [-0.4, -0.2) is 11.8 Å². The van der Waals surface area contributed by atoms with E-state index < -0.39 is 0 Å². The van der Waals surface area contributed by atoms with Gasteiger partial charge in [-0.2, -0.15) is 0 Å². The highest BCUT2D eigenvalue weighted by molar-refractivity contribution is 6.12. The first-order valence-corrected chi connectivity index (χ1v) is 2.49. The van der Waals surface area contributed by atoms with Crippen molar-refractivity contribution in [1.29, 1.82) is 0 Å². The van der Waals surface area contributed by atoms with Gasteiger partial charge in [0, 0.05) is 12.2 Å². The second-order valence-electron chi connectivity index (χ2n) is 1.19. The summed E-state index contributed by atoms with van der Waals surface area (Å²) in [6.07, 6.45) is 18.4. The number of hydrogen-bond donors (Lipinski definition) is 1. The average molecular weight is 149 g/mol. The van der Waals surface area contributed by atoms with E-state index in [4.69, 9.17) is 0 Å². The first-order chi connectivity index (χ1) is 5.29. The van der Waals surface area contributed by atoms with Crippen LogP contribution >= 0.6 is 0 Å². The fourth-order valence-electron chi connectivity index (χ4n) is 0.356. The molecule has 11 heavy (non-hydrogen) atoms. The van der Waals surface area contributed by atoms with Crippen LogP contribution in [0.15, 0.2) is 12.2 Å². The van der Waals surface area contributed by atoms with Gasteiger partial charge in [0.2, 0.25) is 0 Å². The Morgan fingerprint density at radius 1 is 0.909 bits per heavy atom. The smallest absolute Gasteiger partial charge is 0.250 e. The molecule has 0 atom stereocenters. The van der Waals surface area contributed by atoms with Crippen LogP contribution in [0.3, 0.4) is 0 Å². The molecule has 0 aliphatic carbocycles. The molecule has 0 fully saturated rings. The Morgan fingerprint density at radius 3 is 1.27 bits per heavy atom. The van der Waals surface area contributed by atoms with Crippen molar-refractivity contribution in [2.45, 2.75) is 0 Å². The van der Waals surface area contributed by atoms with E-state index in [-0.39, 0.29) is 11.8 Å². The third-order valence-corrected chi connectivity index (χ3v) is 0.632. The molecule has 2 amide bonds. The number of carbonyl (C=O) groups excluding carboxylic acids is 2. The van der Waals surface area contributed by atoms with Gasteiger partial charge in [0.1, 0.15) is 0 Å². The van der Waals surface area contributed by atoms with Gasteiger partial charge in [0.15, 0.2) is 0 Å². The van der Waals surface area contributed by atoms with Crippen molar-refractivity contribution >= 4 is 11.8 Å². The minimum absolute atomic E-state index is 0.329. The Balaban J connectivity index is 0. The van der Waals surface area contributed by atoms with Crippen molar-refractivity contribution in [3.8, 4) is 25.7 Å². The van der Waals surface area contributed by atoms with Gasteiger partial charge in [-0.15, -0.1) is 25.7 Å². The normalized spacial score (nSPS) is 11.6. The number of terminal acetylenes is 2. The Labute approximate surface area is 65.5 Å². The van der Waals surface area contributed by atoms with Gasteiger partial charge in [-0.1, -0.05) is 0 Å². The molecule has 56 valence electrons. The number of hydrogen-bond acceptors (Lipinski definition) is 2. The molecule has 1 aliphatic rings. The van der Waals surface area contributed by atoms with E-state index in [2.05, 4.69) is 25.7 Å². The van der Waals surface area contributed by atoms with Crippen molar-refractivity contribution in [3.05, 3.63) is 12.2 Å². The summed E-state index contributed by atoms with van der Waals surface area (Å²) in [7, 11) is 0. The van der Waals surface area contributed by atoms with Gasteiger partial charge in [0.25, 0.3) is 11.8 Å². The standard InChI is InChI=1S/C4H3NO2.2C2H2/c6-3-1-2-4(7)5-3;2*1-2/h1-2H,(H,5,6,7);2*1-2H. The lowest BCUT2D eigenvalue weighted by atomic mass is 10.6. The summed E-state index contributed by atoms with van der Waals surface area (Å²) in [5.41, 5.74) is 0. The Hall–Kier alpha value is -2.00. The predicted octanol–water partition coefficient (Wildman–Crippen LogP) is -0.302. The molecule has 0 unspecified atom stereocenters. The zero-order valence-corrected chi connectivity index (χ0v) is 5.78. The fourth-order valence-corrected chi connectivity index (χ4v) is 0.356. The van der Waals surface area contributed by atoms with Crippen LogP contribution in [0.1, 0.15) is 0 Å². The van der Waals surface area contributed by atoms with E-state index in [9.17, 15) is 9.59 Å². The highest BCUT2D eigenvalue weighted by Crippen LogP contribution is 1.82. The fraction of sp³-hybridized carbons (Fsp3) is 0. The van der Waals surface area contributed by atoms with Gasteiger partial charge in [-0.3, -0.25) is 14.9 Å². The number of nitrogens with one attached hydrogen (secondary N) is 1. The second-order valence-corrected chi connectivity index (χ2v) is 1.19. The molecule has 1 rings (SSSR count). The first kappa shape index (κ1) is 11.8. The van der Waals surface area contributed by atoms with Crippen LogP contribution < -0.4 is 5.32 Å². The van der Waals surface area contributed by atoms with E-state index in [1.807, 2.05) is 5.32 Å². The van der Waals surface area contributed by atoms with E-state index in [0.29, 0.717) is 0 Å². The molecule has 0 bridgehead atoms. The predicted molar refractivity (Wildman–Crippen MR) is 42.1 cm³/mol. The van der Waals surface area contributed by atoms with Crippen LogP contribution in [0.25, 0.3) is 0 Å². The van der Waals surface area contributed by atoms with E-state index in [1.165, 1.54) is 12.2 Å². The summed E-state index contributed by atoms with van der Waals surface area (Å²) >= 11 is 0. The van der Waals surface area contributed by atoms with Crippen molar-refractivity contribution in [3.63, 3.8) is 0 Å². The third kappa shape index (κ3) is 5.88. The number of amides is 2. The second kappa shape index (κ2) is 8.00. The minimum Gasteiger partial charge on any atom is -0.289 e. The molecule has 1 heterocycles.